The van der Waals surface area contributed by atoms with Crippen LogP contribution in [0.3, 0.4) is 0 Å². The molecule has 0 aliphatic rings. The largest absolute Gasteiger partial charge is 0.493 e. The molecule has 2 amide bonds. The lowest BCUT2D eigenvalue weighted by Gasteiger charge is -2.34. The SMILES string of the molecule is CC[C@@H](C)NC(=O)[C@@H](CC)N(Cc1cccc(C)c1)C(=O)CN(c1ccc(C)cc1)S(=O)(=O)c1ccc(OC)c(OC)c1. The minimum absolute atomic E-state index is 0.0645. The summed E-state index contributed by atoms with van der Waals surface area (Å²) in [5, 5.41) is 2.99. The lowest BCUT2D eigenvalue weighted by Crippen LogP contribution is -2.53. The molecule has 0 unspecified atom stereocenters. The van der Waals surface area contributed by atoms with Crippen LogP contribution in [0, 0.1) is 13.8 Å². The summed E-state index contributed by atoms with van der Waals surface area (Å²) in [5.41, 5.74) is 3.11. The van der Waals surface area contributed by atoms with E-state index in [2.05, 4.69) is 5.32 Å². The molecule has 0 saturated carbocycles. The maximum absolute atomic E-state index is 14.2. The van der Waals surface area contributed by atoms with E-state index in [1.807, 2.05) is 58.9 Å². The number of carbonyl (C=O) groups is 2. The molecule has 0 saturated heterocycles. The number of aryl methyl sites for hydroxylation is 2. The normalized spacial score (nSPS) is 12.6. The summed E-state index contributed by atoms with van der Waals surface area (Å²) in [7, 11) is -1.37. The van der Waals surface area contributed by atoms with Gasteiger partial charge in [0.1, 0.15) is 12.6 Å². The van der Waals surface area contributed by atoms with Gasteiger partial charge in [-0.3, -0.25) is 13.9 Å². The van der Waals surface area contributed by atoms with E-state index in [-0.39, 0.29) is 29.1 Å². The Morgan fingerprint density at radius 1 is 0.860 bits per heavy atom. The highest BCUT2D eigenvalue weighted by Gasteiger charge is 2.34. The van der Waals surface area contributed by atoms with Crippen molar-refractivity contribution in [2.24, 2.45) is 0 Å². The molecule has 0 aromatic heterocycles. The summed E-state index contributed by atoms with van der Waals surface area (Å²) in [6.45, 7) is 9.20. The van der Waals surface area contributed by atoms with Crippen molar-refractivity contribution in [2.45, 2.75) is 71.0 Å². The zero-order chi connectivity index (χ0) is 31.7. The second-order valence-corrected chi connectivity index (χ2v) is 12.5. The number of rotatable bonds is 14. The average molecular weight is 610 g/mol. The zero-order valence-electron chi connectivity index (χ0n) is 26.1. The molecule has 2 atom stereocenters. The summed E-state index contributed by atoms with van der Waals surface area (Å²) >= 11 is 0. The van der Waals surface area contributed by atoms with E-state index in [9.17, 15) is 18.0 Å². The van der Waals surface area contributed by atoms with Crippen molar-refractivity contribution in [3.05, 3.63) is 83.4 Å². The number of sulfonamides is 1. The van der Waals surface area contributed by atoms with Gasteiger partial charge < -0.3 is 19.7 Å². The van der Waals surface area contributed by atoms with E-state index < -0.39 is 28.5 Å². The summed E-state index contributed by atoms with van der Waals surface area (Å²) < 4.78 is 40.1. The summed E-state index contributed by atoms with van der Waals surface area (Å²) in [6, 6.07) is 18.0. The maximum atomic E-state index is 14.2. The van der Waals surface area contributed by atoms with Crippen molar-refractivity contribution in [1.29, 1.82) is 0 Å². The molecule has 9 nitrogen and oxygen atoms in total. The predicted molar refractivity (Wildman–Crippen MR) is 169 cm³/mol. The number of carbonyl (C=O) groups excluding carboxylic acids is 2. The Bertz CT molecular complexity index is 1510. The molecule has 3 aromatic carbocycles. The Balaban J connectivity index is 2.10. The van der Waals surface area contributed by atoms with Gasteiger partial charge in [0.2, 0.25) is 11.8 Å². The monoisotopic (exact) mass is 609 g/mol. The van der Waals surface area contributed by atoms with Gasteiger partial charge in [0, 0.05) is 18.7 Å². The van der Waals surface area contributed by atoms with Gasteiger partial charge in [-0.1, -0.05) is 61.4 Å². The van der Waals surface area contributed by atoms with Crippen LogP contribution < -0.4 is 19.1 Å². The number of anilines is 1. The first kappa shape index (κ1) is 33.5. The van der Waals surface area contributed by atoms with E-state index in [4.69, 9.17) is 9.47 Å². The van der Waals surface area contributed by atoms with Crippen LogP contribution in [0.4, 0.5) is 5.69 Å². The zero-order valence-corrected chi connectivity index (χ0v) is 26.9. The fourth-order valence-electron chi connectivity index (χ4n) is 4.71. The van der Waals surface area contributed by atoms with Crippen LogP contribution in [0.15, 0.2) is 71.6 Å². The molecule has 1 N–H and O–H groups in total. The molecule has 0 aliphatic heterocycles. The van der Waals surface area contributed by atoms with E-state index in [0.717, 1.165) is 27.4 Å². The van der Waals surface area contributed by atoms with Crippen molar-refractivity contribution >= 4 is 27.5 Å². The van der Waals surface area contributed by atoms with Gasteiger partial charge in [-0.25, -0.2) is 8.42 Å². The van der Waals surface area contributed by atoms with Crippen LogP contribution in [-0.2, 0) is 26.2 Å². The Morgan fingerprint density at radius 2 is 1.53 bits per heavy atom. The lowest BCUT2D eigenvalue weighted by molar-refractivity contribution is -0.140. The highest BCUT2D eigenvalue weighted by atomic mass is 32.2. The molecule has 0 fully saturated rings. The molecule has 0 aliphatic carbocycles. The van der Waals surface area contributed by atoms with Crippen LogP contribution in [0.5, 0.6) is 11.5 Å². The van der Waals surface area contributed by atoms with Crippen molar-refractivity contribution in [2.75, 3.05) is 25.1 Å². The van der Waals surface area contributed by atoms with Gasteiger partial charge in [-0.2, -0.15) is 0 Å². The Morgan fingerprint density at radius 3 is 2.12 bits per heavy atom. The molecule has 3 rings (SSSR count). The van der Waals surface area contributed by atoms with Gasteiger partial charge in [-0.15, -0.1) is 0 Å². The fraction of sp³-hybridized carbons (Fsp3) is 0.394. The molecule has 232 valence electrons. The third kappa shape index (κ3) is 8.28. The number of nitrogens with one attached hydrogen (secondary N) is 1. The first-order valence-electron chi connectivity index (χ1n) is 14.4. The lowest BCUT2D eigenvalue weighted by atomic mass is 10.1. The highest BCUT2D eigenvalue weighted by Crippen LogP contribution is 2.32. The molecule has 10 heteroatoms. The van der Waals surface area contributed by atoms with Crippen LogP contribution in [0.2, 0.25) is 0 Å². The molecular formula is C33H43N3O6S. The van der Waals surface area contributed by atoms with Crippen molar-refractivity contribution in [3.63, 3.8) is 0 Å². The number of benzene rings is 3. The van der Waals surface area contributed by atoms with Crippen molar-refractivity contribution in [1.82, 2.24) is 10.2 Å². The topological polar surface area (TPSA) is 105 Å². The van der Waals surface area contributed by atoms with E-state index in [1.165, 1.54) is 37.3 Å². The Hall–Kier alpha value is -4.05. The summed E-state index contributed by atoms with van der Waals surface area (Å²) in [4.78, 5) is 29.1. The molecule has 3 aromatic rings. The molecule has 0 spiro atoms. The van der Waals surface area contributed by atoms with Gasteiger partial charge in [-0.05, 0) is 63.4 Å². The number of hydrogen-bond donors (Lipinski definition) is 1. The third-order valence-corrected chi connectivity index (χ3v) is 9.14. The minimum atomic E-state index is -4.26. The number of methoxy groups -OCH3 is 2. The Labute approximate surface area is 255 Å². The average Bonchev–Trinajstić information content (AvgIpc) is 2.99. The number of amides is 2. The maximum Gasteiger partial charge on any atom is 0.264 e. The third-order valence-electron chi connectivity index (χ3n) is 7.37. The smallest absolute Gasteiger partial charge is 0.264 e. The number of hydrogen-bond acceptors (Lipinski definition) is 6. The van der Waals surface area contributed by atoms with Gasteiger partial charge in [0.25, 0.3) is 10.0 Å². The second kappa shape index (κ2) is 14.9. The quantitative estimate of drug-likeness (QED) is 0.268. The van der Waals surface area contributed by atoms with E-state index in [1.54, 1.807) is 24.3 Å². The van der Waals surface area contributed by atoms with Crippen molar-refractivity contribution < 1.29 is 27.5 Å². The first-order valence-corrected chi connectivity index (χ1v) is 15.9. The van der Waals surface area contributed by atoms with E-state index >= 15 is 0 Å². The van der Waals surface area contributed by atoms with Gasteiger partial charge >= 0.3 is 0 Å². The summed E-state index contributed by atoms with van der Waals surface area (Å²) in [5.74, 6) is -0.158. The van der Waals surface area contributed by atoms with Crippen molar-refractivity contribution in [3.8, 4) is 11.5 Å². The highest BCUT2D eigenvalue weighted by molar-refractivity contribution is 7.92. The molecule has 0 bridgehead atoms. The van der Waals surface area contributed by atoms with Crippen LogP contribution in [0.25, 0.3) is 0 Å². The molecule has 0 radical (unpaired) electrons. The minimum Gasteiger partial charge on any atom is -0.493 e. The predicted octanol–water partition coefficient (Wildman–Crippen LogP) is 5.24. The molecular weight excluding hydrogens is 566 g/mol. The number of nitrogens with zero attached hydrogens (tertiary/aromatic N) is 2. The standard InChI is InChI=1S/C33H43N3O6S/c1-8-25(5)34-33(38)29(9-2)35(21-26-12-10-11-24(4)19-26)32(37)22-36(27-15-13-23(3)14-16-27)43(39,40)28-17-18-30(41-6)31(20-28)42-7/h10-20,25,29H,8-9,21-22H2,1-7H3,(H,34,38)/t25-,29-/m1/s1. The van der Waals surface area contributed by atoms with Gasteiger partial charge in [0.15, 0.2) is 11.5 Å². The van der Waals surface area contributed by atoms with Crippen LogP contribution >= 0.6 is 0 Å². The second-order valence-electron chi connectivity index (χ2n) is 10.6. The van der Waals surface area contributed by atoms with Crippen LogP contribution in [0.1, 0.15) is 50.3 Å². The van der Waals surface area contributed by atoms with Gasteiger partial charge in [0.05, 0.1) is 24.8 Å². The Kier molecular flexibility index (Phi) is 11.6. The molecule has 43 heavy (non-hydrogen) atoms. The molecule has 0 heterocycles. The number of ether oxygens (including phenoxy) is 2. The van der Waals surface area contributed by atoms with E-state index in [0.29, 0.717) is 17.9 Å². The summed E-state index contributed by atoms with van der Waals surface area (Å²) in [6.07, 6.45) is 1.09. The first-order chi connectivity index (χ1) is 20.4. The van der Waals surface area contributed by atoms with Crippen LogP contribution in [-0.4, -0.2) is 58.0 Å². The fourth-order valence-corrected chi connectivity index (χ4v) is 6.14.